The minimum Gasteiger partial charge on any atom is -0.350 e. The highest BCUT2D eigenvalue weighted by molar-refractivity contribution is 6.04. The largest absolute Gasteiger partial charge is 0.350 e. The molecule has 1 aliphatic rings. The first-order valence-electron chi connectivity index (χ1n) is 10.1. The molecular formula is C23H26N4O2. The molecule has 1 aromatic heterocycles. The lowest BCUT2D eigenvalue weighted by Gasteiger charge is -2.37. The van der Waals surface area contributed by atoms with E-state index >= 15 is 0 Å². The maximum absolute atomic E-state index is 12.5. The van der Waals surface area contributed by atoms with E-state index in [1.54, 1.807) is 0 Å². The van der Waals surface area contributed by atoms with Crippen molar-refractivity contribution in [1.29, 1.82) is 0 Å². The first-order valence-corrected chi connectivity index (χ1v) is 10.1. The van der Waals surface area contributed by atoms with Gasteiger partial charge < -0.3 is 10.6 Å². The first-order chi connectivity index (χ1) is 14.0. The third kappa shape index (κ3) is 3.88. The van der Waals surface area contributed by atoms with Gasteiger partial charge in [-0.3, -0.25) is 14.7 Å². The van der Waals surface area contributed by atoms with E-state index in [9.17, 15) is 9.59 Å². The Labute approximate surface area is 170 Å². The molecule has 3 aromatic rings. The molecule has 3 N–H and O–H groups in total. The molecule has 2 amide bonds. The molecule has 150 valence electrons. The first kappa shape index (κ1) is 19.2. The average Bonchev–Trinajstić information content (AvgIpc) is 3.15. The minimum absolute atomic E-state index is 0.0257. The summed E-state index contributed by atoms with van der Waals surface area (Å²) in [7, 11) is 0. The van der Waals surface area contributed by atoms with Crippen LogP contribution in [0.15, 0.2) is 48.5 Å². The molecule has 0 saturated carbocycles. The van der Waals surface area contributed by atoms with Crippen LogP contribution in [0.1, 0.15) is 60.8 Å². The fourth-order valence-electron chi connectivity index (χ4n) is 4.14. The molecule has 1 aliphatic carbocycles. The lowest BCUT2D eigenvalue weighted by Crippen LogP contribution is -2.37. The normalized spacial score (nSPS) is 17.5. The van der Waals surface area contributed by atoms with E-state index in [2.05, 4.69) is 52.9 Å². The van der Waals surface area contributed by atoms with Crippen molar-refractivity contribution in [2.24, 2.45) is 0 Å². The number of aromatic nitrogens is 2. The van der Waals surface area contributed by atoms with Crippen molar-refractivity contribution >= 4 is 22.7 Å². The van der Waals surface area contributed by atoms with Crippen LogP contribution in [0.2, 0.25) is 0 Å². The summed E-state index contributed by atoms with van der Waals surface area (Å²) in [5, 5.41) is 13.6. The molecule has 4 rings (SSSR count). The molecule has 0 bridgehead atoms. The van der Waals surface area contributed by atoms with Crippen LogP contribution >= 0.6 is 0 Å². The van der Waals surface area contributed by atoms with E-state index in [-0.39, 0.29) is 36.2 Å². The third-order valence-corrected chi connectivity index (χ3v) is 5.78. The average molecular weight is 390 g/mol. The van der Waals surface area contributed by atoms with Crippen LogP contribution < -0.4 is 10.6 Å². The fourth-order valence-corrected chi connectivity index (χ4v) is 4.14. The Hall–Kier alpha value is -3.15. The Bertz CT molecular complexity index is 1050. The van der Waals surface area contributed by atoms with Gasteiger partial charge in [0.05, 0.1) is 11.6 Å². The molecule has 0 saturated heterocycles. The zero-order valence-electron chi connectivity index (χ0n) is 16.8. The number of nitrogens with zero attached hydrogens (tertiary/aromatic N) is 1. The number of benzene rings is 2. The summed E-state index contributed by atoms with van der Waals surface area (Å²) < 4.78 is 0. The van der Waals surface area contributed by atoms with Crippen LogP contribution in [-0.2, 0) is 10.2 Å². The smallest absolute Gasteiger partial charge is 0.272 e. The Morgan fingerprint density at radius 2 is 1.90 bits per heavy atom. The van der Waals surface area contributed by atoms with Crippen LogP contribution in [0, 0.1) is 0 Å². The quantitative estimate of drug-likeness (QED) is 0.622. The predicted molar refractivity (Wildman–Crippen MR) is 113 cm³/mol. The SMILES string of the molecule is CC1(C)CCC(NC(=O)CCNC(=O)c2n[nH]c3ccccc23)c2ccccc21. The molecule has 0 fully saturated rings. The van der Waals surface area contributed by atoms with Gasteiger partial charge in [-0.25, -0.2) is 0 Å². The van der Waals surface area contributed by atoms with Crippen LogP contribution in [0.3, 0.4) is 0 Å². The predicted octanol–water partition coefficient (Wildman–Crippen LogP) is 3.61. The summed E-state index contributed by atoms with van der Waals surface area (Å²) in [6.07, 6.45) is 2.18. The maximum Gasteiger partial charge on any atom is 0.272 e. The van der Waals surface area contributed by atoms with Crippen molar-refractivity contribution in [3.63, 3.8) is 0 Å². The minimum atomic E-state index is -0.278. The fraction of sp³-hybridized carbons (Fsp3) is 0.348. The van der Waals surface area contributed by atoms with Gasteiger partial charge in [0.25, 0.3) is 5.91 Å². The number of H-pyrrole nitrogens is 1. The zero-order valence-corrected chi connectivity index (χ0v) is 16.8. The van der Waals surface area contributed by atoms with Gasteiger partial charge >= 0.3 is 0 Å². The summed E-state index contributed by atoms with van der Waals surface area (Å²) in [6, 6.07) is 15.8. The molecule has 6 nitrogen and oxygen atoms in total. The zero-order chi connectivity index (χ0) is 20.4. The van der Waals surface area contributed by atoms with Crippen LogP contribution in [0.5, 0.6) is 0 Å². The lowest BCUT2D eigenvalue weighted by atomic mass is 9.71. The molecular weight excluding hydrogens is 364 g/mol. The van der Waals surface area contributed by atoms with Gasteiger partial charge in [-0.1, -0.05) is 56.3 Å². The number of carbonyl (C=O) groups is 2. The number of fused-ring (bicyclic) bond motifs is 2. The van der Waals surface area contributed by atoms with Crippen LogP contribution in [0.4, 0.5) is 0 Å². The van der Waals surface area contributed by atoms with Gasteiger partial charge in [0, 0.05) is 18.4 Å². The Balaban J connectivity index is 1.33. The maximum atomic E-state index is 12.5. The van der Waals surface area contributed by atoms with Crippen molar-refractivity contribution < 1.29 is 9.59 Å². The third-order valence-electron chi connectivity index (χ3n) is 5.78. The van der Waals surface area contributed by atoms with Gasteiger partial charge in [-0.2, -0.15) is 5.10 Å². The summed E-state index contributed by atoms with van der Waals surface area (Å²) in [5.74, 6) is -0.336. The summed E-state index contributed by atoms with van der Waals surface area (Å²) in [4.78, 5) is 24.9. The van der Waals surface area contributed by atoms with Crippen LogP contribution in [-0.4, -0.2) is 28.6 Å². The molecule has 2 aromatic carbocycles. The number of hydrogen-bond donors (Lipinski definition) is 3. The van der Waals surface area contributed by atoms with Crippen molar-refractivity contribution in [3.8, 4) is 0 Å². The molecule has 0 spiro atoms. The molecule has 6 heteroatoms. The Morgan fingerprint density at radius 1 is 1.14 bits per heavy atom. The number of para-hydroxylation sites is 1. The molecule has 1 atom stereocenters. The molecule has 1 heterocycles. The lowest BCUT2D eigenvalue weighted by molar-refractivity contribution is -0.121. The number of carbonyl (C=O) groups excluding carboxylic acids is 2. The number of hydrogen-bond acceptors (Lipinski definition) is 3. The molecule has 0 radical (unpaired) electrons. The van der Waals surface area contributed by atoms with Crippen molar-refractivity contribution in [1.82, 2.24) is 20.8 Å². The molecule has 1 unspecified atom stereocenters. The van der Waals surface area contributed by atoms with Gasteiger partial charge in [0.2, 0.25) is 5.91 Å². The van der Waals surface area contributed by atoms with E-state index in [0.717, 1.165) is 23.7 Å². The van der Waals surface area contributed by atoms with Crippen molar-refractivity contribution in [2.75, 3.05) is 6.54 Å². The number of nitrogens with one attached hydrogen (secondary N) is 3. The number of aromatic amines is 1. The highest BCUT2D eigenvalue weighted by atomic mass is 16.2. The van der Waals surface area contributed by atoms with Gasteiger partial charge in [0.1, 0.15) is 0 Å². The second-order valence-corrected chi connectivity index (χ2v) is 8.25. The van der Waals surface area contributed by atoms with Crippen LogP contribution in [0.25, 0.3) is 10.9 Å². The summed E-state index contributed by atoms with van der Waals surface area (Å²) >= 11 is 0. The Kier molecular flexibility index (Phi) is 5.09. The second kappa shape index (κ2) is 7.70. The van der Waals surface area contributed by atoms with E-state index in [4.69, 9.17) is 0 Å². The van der Waals surface area contributed by atoms with Gasteiger partial charge in [-0.05, 0) is 35.4 Å². The summed E-state index contributed by atoms with van der Waals surface area (Å²) in [6.45, 7) is 4.77. The topological polar surface area (TPSA) is 86.9 Å². The number of amides is 2. The highest BCUT2D eigenvalue weighted by Gasteiger charge is 2.32. The van der Waals surface area contributed by atoms with E-state index in [1.165, 1.54) is 11.1 Å². The monoisotopic (exact) mass is 390 g/mol. The van der Waals surface area contributed by atoms with E-state index in [1.807, 2.05) is 30.3 Å². The van der Waals surface area contributed by atoms with Crippen molar-refractivity contribution in [2.45, 2.75) is 44.6 Å². The number of rotatable bonds is 5. The second-order valence-electron chi connectivity index (χ2n) is 8.25. The van der Waals surface area contributed by atoms with E-state index in [0.29, 0.717) is 5.69 Å². The van der Waals surface area contributed by atoms with Crippen molar-refractivity contribution in [3.05, 3.63) is 65.4 Å². The highest BCUT2D eigenvalue weighted by Crippen LogP contribution is 2.41. The van der Waals surface area contributed by atoms with E-state index < -0.39 is 0 Å². The Morgan fingerprint density at radius 3 is 2.76 bits per heavy atom. The van der Waals surface area contributed by atoms with Gasteiger partial charge in [-0.15, -0.1) is 0 Å². The summed E-state index contributed by atoms with van der Waals surface area (Å²) in [5.41, 5.74) is 3.79. The molecule has 29 heavy (non-hydrogen) atoms. The van der Waals surface area contributed by atoms with Gasteiger partial charge in [0.15, 0.2) is 5.69 Å². The standard InChI is InChI=1S/C23H26N4O2/c1-23(2)13-11-18(15-7-3-5-9-17(15)23)25-20(28)12-14-24-22(29)21-16-8-4-6-10-19(16)26-27-21/h3-10,18H,11-14H2,1-2H3,(H,24,29)(H,25,28)(H,26,27). The molecule has 0 aliphatic heterocycles.